The number of pyridine rings is 1. The van der Waals surface area contributed by atoms with Crippen molar-refractivity contribution in [1.82, 2.24) is 19.6 Å². The van der Waals surface area contributed by atoms with Gasteiger partial charge in [0, 0.05) is 12.0 Å². The Morgan fingerprint density at radius 3 is 2.40 bits per heavy atom. The third kappa shape index (κ3) is 7.60. The quantitative estimate of drug-likeness (QED) is 0.0963. The van der Waals surface area contributed by atoms with Gasteiger partial charge in [0.2, 0.25) is 0 Å². The van der Waals surface area contributed by atoms with Crippen molar-refractivity contribution >= 4 is 52.2 Å². The Kier molecular flexibility index (Phi) is 9.94. The van der Waals surface area contributed by atoms with Crippen molar-refractivity contribution in [1.29, 1.82) is 0 Å². The fourth-order valence-electron chi connectivity index (χ4n) is 5.40. The molecule has 0 radical (unpaired) electrons. The molecule has 2 heterocycles. The van der Waals surface area contributed by atoms with E-state index in [-0.39, 0.29) is 13.2 Å². The van der Waals surface area contributed by atoms with E-state index >= 15 is 0 Å². The number of benzene rings is 3. The van der Waals surface area contributed by atoms with E-state index in [0.29, 0.717) is 35.9 Å². The summed E-state index contributed by atoms with van der Waals surface area (Å²) in [6.07, 6.45) is 0.547. The Morgan fingerprint density at radius 2 is 1.70 bits per heavy atom. The molecule has 12 heteroatoms. The lowest BCUT2D eigenvalue weighted by atomic mass is 9.98. The summed E-state index contributed by atoms with van der Waals surface area (Å²) in [4.78, 5) is 22.5. The number of rotatable bonds is 13. The predicted molar refractivity (Wildman–Crippen MR) is 185 cm³/mol. The first-order valence-electron chi connectivity index (χ1n) is 15.8. The summed E-state index contributed by atoms with van der Waals surface area (Å²) in [7, 11) is -4.21. The molecule has 0 aliphatic rings. The van der Waals surface area contributed by atoms with Gasteiger partial charge in [-0.05, 0) is 76.9 Å². The third-order valence-corrected chi connectivity index (χ3v) is 9.55. The van der Waals surface area contributed by atoms with Gasteiger partial charge in [-0.2, -0.15) is 5.09 Å². The number of nitrogens with zero attached hydrogens (tertiary/aromatic N) is 3. The van der Waals surface area contributed by atoms with E-state index < -0.39 is 30.9 Å². The molecule has 2 aromatic heterocycles. The Bertz CT molecular complexity index is 1950. The smallest absolute Gasteiger partial charge is 0.459 e. The fraction of sp³-hybridized carbons (Fsp3) is 0.400. The van der Waals surface area contributed by atoms with Crippen molar-refractivity contribution in [2.75, 3.05) is 18.9 Å². The number of carbonyl (C=O) groups excluding carboxylic acids is 1. The number of fused-ring (bicyclic) bond motifs is 4. The highest BCUT2D eigenvalue weighted by molar-refractivity contribution is 7.52. The van der Waals surface area contributed by atoms with Crippen LogP contribution >= 0.6 is 7.75 Å². The number of ether oxygens (including phenoxy) is 2. The van der Waals surface area contributed by atoms with E-state index in [9.17, 15) is 9.36 Å². The van der Waals surface area contributed by atoms with E-state index in [0.717, 1.165) is 27.2 Å². The van der Waals surface area contributed by atoms with Crippen molar-refractivity contribution in [3.8, 4) is 5.75 Å². The predicted octanol–water partition coefficient (Wildman–Crippen LogP) is 7.51. The number of para-hydroxylation sites is 1. The first kappa shape index (κ1) is 34.3. The monoisotopic (exact) mass is 661 g/mol. The number of anilines is 1. The third-order valence-electron chi connectivity index (χ3n) is 7.93. The molecule has 5 aromatic rings. The number of hydrogen-bond donors (Lipinski definition) is 2. The molecule has 0 bridgehead atoms. The summed E-state index contributed by atoms with van der Waals surface area (Å²) in [6, 6.07) is 19.9. The number of hydrogen-bond acceptors (Lipinski definition) is 9. The van der Waals surface area contributed by atoms with Crippen LogP contribution in [0.3, 0.4) is 0 Å². The van der Waals surface area contributed by atoms with Crippen LogP contribution in [0.1, 0.15) is 60.7 Å². The molecule has 0 saturated heterocycles. The first-order chi connectivity index (χ1) is 22.3. The van der Waals surface area contributed by atoms with E-state index in [4.69, 9.17) is 29.2 Å². The fourth-order valence-corrected chi connectivity index (χ4v) is 7.00. The first-order valence-corrected chi connectivity index (χ1v) is 17.4. The van der Waals surface area contributed by atoms with Crippen molar-refractivity contribution in [3.63, 3.8) is 0 Å². The van der Waals surface area contributed by atoms with E-state index in [1.165, 1.54) is 0 Å². The lowest BCUT2D eigenvalue weighted by molar-refractivity contribution is -0.156. The lowest BCUT2D eigenvalue weighted by Crippen LogP contribution is -2.40. The highest BCUT2D eigenvalue weighted by Gasteiger charge is 2.39. The minimum Gasteiger partial charge on any atom is -0.459 e. The van der Waals surface area contributed by atoms with Crippen molar-refractivity contribution < 1.29 is 27.9 Å². The highest BCUT2D eigenvalue weighted by atomic mass is 31.2. The van der Waals surface area contributed by atoms with Gasteiger partial charge in [-0.3, -0.25) is 9.32 Å². The van der Waals surface area contributed by atoms with E-state index in [1.807, 2.05) is 75.4 Å². The summed E-state index contributed by atoms with van der Waals surface area (Å²) in [6.45, 7) is 13.4. The molecule has 11 nitrogen and oxygen atoms in total. The Morgan fingerprint density at radius 1 is 1.00 bits per heavy atom. The number of carbonyl (C=O) groups is 1. The number of imidazole rings is 1. The van der Waals surface area contributed by atoms with Crippen LogP contribution in [-0.4, -0.2) is 45.4 Å². The zero-order valence-corrected chi connectivity index (χ0v) is 29.0. The maximum atomic E-state index is 14.7. The topological polar surface area (TPSA) is 140 Å². The second kappa shape index (κ2) is 13.6. The summed E-state index contributed by atoms with van der Waals surface area (Å²) in [5.74, 6) is 0.660. The SMILES string of the molecule is CCOCc1nc2c(N)nc3ccccc3c2n1[C@](C)(CC)COP(=O)(N[C@@H](C)C(=O)OC(C)(C)C)Oc1ccc2ccccc2c1. The van der Waals surface area contributed by atoms with Crippen LogP contribution in [0, 0.1) is 0 Å². The van der Waals surface area contributed by atoms with Gasteiger partial charge in [-0.1, -0.05) is 55.5 Å². The van der Waals surface area contributed by atoms with Crippen LogP contribution in [0.5, 0.6) is 5.75 Å². The molecule has 0 spiro atoms. The molecule has 0 aliphatic heterocycles. The summed E-state index contributed by atoms with van der Waals surface area (Å²) in [5, 5.41) is 5.60. The highest BCUT2D eigenvalue weighted by Crippen LogP contribution is 2.47. The van der Waals surface area contributed by atoms with Gasteiger partial charge in [-0.15, -0.1) is 0 Å². The summed E-state index contributed by atoms with van der Waals surface area (Å²) in [5.41, 5.74) is 6.92. The Labute approximate surface area is 275 Å². The number of nitrogens with two attached hydrogens (primary N) is 1. The number of aromatic nitrogens is 3. The van der Waals surface area contributed by atoms with Gasteiger partial charge < -0.3 is 24.3 Å². The Hall–Kier alpha value is -4.02. The summed E-state index contributed by atoms with van der Waals surface area (Å²) >= 11 is 0. The van der Waals surface area contributed by atoms with Crippen LogP contribution < -0.4 is 15.3 Å². The molecule has 47 heavy (non-hydrogen) atoms. The molecule has 1 unspecified atom stereocenters. The van der Waals surface area contributed by atoms with Crippen LogP contribution in [-0.2, 0) is 35.5 Å². The molecule has 250 valence electrons. The van der Waals surface area contributed by atoms with Gasteiger partial charge in [0.1, 0.15) is 35.3 Å². The van der Waals surface area contributed by atoms with Crippen molar-refractivity contribution in [2.45, 2.75) is 78.7 Å². The van der Waals surface area contributed by atoms with Gasteiger partial charge in [0.25, 0.3) is 0 Å². The molecule has 0 saturated carbocycles. The largest absolute Gasteiger partial charge is 0.459 e. The zero-order valence-electron chi connectivity index (χ0n) is 28.1. The van der Waals surface area contributed by atoms with Crippen LogP contribution in [0.15, 0.2) is 66.7 Å². The van der Waals surface area contributed by atoms with Gasteiger partial charge in [0.15, 0.2) is 5.82 Å². The number of nitrogens with one attached hydrogen (secondary N) is 1. The van der Waals surface area contributed by atoms with Crippen LogP contribution in [0.25, 0.3) is 32.7 Å². The molecule has 3 N–H and O–H groups in total. The maximum absolute atomic E-state index is 14.7. The number of nitrogen functional groups attached to an aromatic ring is 1. The minimum atomic E-state index is -4.21. The lowest BCUT2D eigenvalue weighted by Gasteiger charge is -2.34. The maximum Gasteiger partial charge on any atom is 0.459 e. The van der Waals surface area contributed by atoms with Gasteiger partial charge in [0.05, 0.1) is 23.2 Å². The Balaban J connectivity index is 1.56. The average molecular weight is 662 g/mol. The molecular weight excluding hydrogens is 617 g/mol. The van der Waals surface area contributed by atoms with E-state index in [2.05, 4.69) is 14.6 Å². The molecule has 3 aromatic carbocycles. The molecular formula is C35H44N5O6P. The van der Waals surface area contributed by atoms with E-state index in [1.54, 1.807) is 39.8 Å². The molecule has 0 amide bonds. The summed E-state index contributed by atoms with van der Waals surface area (Å²) < 4.78 is 40.5. The van der Waals surface area contributed by atoms with Crippen LogP contribution in [0.4, 0.5) is 5.82 Å². The van der Waals surface area contributed by atoms with Gasteiger partial charge in [-0.25, -0.2) is 14.5 Å². The number of esters is 1. The van der Waals surface area contributed by atoms with Gasteiger partial charge >= 0.3 is 13.7 Å². The molecule has 3 atom stereocenters. The normalized spacial score (nSPS) is 15.4. The zero-order chi connectivity index (χ0) is 34.0. The molecule has 0 aliphatic carbocycles. The van der Waals surface area contributed by atoms with Crippen molar-refractivity contribution in [2.24, 2.45) is 0 Å². The second-order valence-corrected chi connectivity index (χ2v) is 14.5. The molecule has 5 rings (SSSR count). The standard InChI is InChI=1S/C35H44N5O6P/c1-8-35(7,40-29(21-43-9-2)38-30-31(40)27-16-12-13-17-28(27)37-32(30)36)22-44-47(42,39-23(3)33(41)45-34(4,5)6)46-26-19-18-24-14-10-11-15-25(24)20-26/h10-20,23H,8-9,21-22H2,1-7H3,(H2,36,37)(H,39,42)/t23-,35+,47?/m0/s1. The average Bonchev–Trinajstić information content (AvgIpc) is 3.43. The second-order valence-electron chi connectivity index (χ2n) is 12.8. The van der Waals surface area contributed by atoms with Crippen LogP contribution in [0.2, 0.25) is 0 Å². The molecule has 0 fully saturated rings. The minimum absolute atomic E-state index is 0.0798. The van der Waals surface area contributed by atoms with Crippen molar-refractivity contribution in [3.05, 3.63) is 72.6 Å².